The molecule has 3 amide bonds. The molecule has 2 aromatic carbocycles. The molecule has 0 fully saturated rings. The molecular weight excluding hydrogens is 443 g/mol. The third-order valence-corrected chi connectivity index (χ3v) is 4.24. The van der Waals surface area contributed by atoms with E-state index in [0.717, 1.165) is 18.6 Å². The number of rotatable bonds is 10. The van der Waals surface area contributed by atoms with Gasteiger partial charge in [-0.15, -0.1) is 0 Å². The van der Waals surface area contributed by atoms with E-state index >= 15 is 0 Å². The number of carbonyl (C=O) groups is 3. The number of hydrogen-bond donors (Lipinski definition) is 3. The van der Waals surface area contributed by atoms with Crippen LogP contribution in [0, 0.1) is 0 Å². The molecule has 0 heterocycles. The summed E-state index contributed by atoms with van der Waals surface area (Å²) in [6, 6.07) is 8.41. The first-order valence-electron chi connectivity index (χ1n) is 9.97. The zero-order chi connectivity index (χ0) is 24.4. The zero-order valence-electron chi connectivity index (χ0n) is 18.0. The maximum atomic E-state index is 12.8. The van der Waals surface area contributed by atoms with Crippen LogP contribution in [0.1, 0.15) is 29.3 Å². The fraction of sp³-hybridized carbons (Fsp3) is 0.318. The highest BCUT2D eigenvalue weighted by Crippen LogP contribution is 2.31. The molecule has 0 aliphatic heterocycles. The second-order valence-corrected chi connectivity index (χ2v) is 6.81. The topological polar surface area (TPSA) is 106 Å². The third kappa shape index (κ3) is 8.02. The summed E-state index contributed by atoms with van der Waals surface area (Å²) >= 11 is 0. The largest absolute Gasteiger partial charge is 0.493 e. The van der Waals surface area contributed by atoms with Crippen LogP contribution in [0.25, 0.3) is 0 Å². The summed E-state index contributed by atoms with van der Waals surface area (Å²) < 4.78 is 48.9. The van der Waals surface area contributed by atoms with Gasteiger partial charge in [0.1, 0.15) is 0 Å². The van der Waals surface area contributed by atoms with E-state index in [0.29, 0.717) is 6.54 Å². The van der Waals surface area contributed by atoms with Gasteiger partial charge in [0, 0.05) is 17.8 Å². The van der Waals surface area contributed by atoms with Crippen molar-refractivity contribution in [3.05, 3.63) is 53.6 Å². The lowest BCUT2D eigenvalue weighted by atomic mass is 10.2. The minimum atomic E-state index is -4.53. The molecule has 11 heteroatoms. The first-order valence-corrected chi connectivity index (χ1v) is 9.97. The number of ether oxygens (including phenoxy) is 2. The van der Waals surface area contributed by atoms with Gasteiger partial charge in [-0.05, 0) is 42.8 Å². The first-order chi connectivity index (χ1) is 15.6. The van der Waals surface area contributed by atoms with E-state index in [1.165, 1.54) is 37.4 Å². The molecule has 178 valence electrons. The highest BCUT2D eigenvalue weighted by molar-refractivity contribution is 5.97. The van der Waals surface area contributed by atoms with Gasteiger partial charge < -0.3 is 25.4 Å². The number of carbonyl (C=O) groups excluding carboxylic acids is 3. The Labute approximate surface area is 188 Å². The highest BCUT2D eigenvalue weighted by Gasteiger charge is 2.30. The first kappa shape index (κ1) is 25.5. The van der Waals surface area contributed by atoms with Crippen molar-refractivity contribution >= 4 is 23.4 Å². The molecule has 0 radical (unpaired) electrons. The van der Waals surface area contributed by atoms with Crippen LogP contribution in [0.5, 0.6) is 11.5 Å². The zero-order valence-corrected chi connectivity index (χ0v) is 18.0. The SMILES string of the molecule is CCCNC(=O)CNC(=O)c1ccc(OCC(=O)Nc2cccc(C(F)(F)F)c2)c(OC)c1. The van der Waals surface area contributed by atoms with Crippen LogP contribution in [0.2, 0.25) is 0 Å². The second kappa shape index (κ2) is 11.7. The highest BCUT2D eigenvalue weighted by atomic mass is 19.4. The minimum absolute atomic E-state index is 0.0274. The number of alkyl halides is 3. The van der Waals surface area contributed by atoms with Crippen molar-refractivity contribution < 1.29 is 37.0 Å². The molecular formula is C22H24F3N3O5. The van der Waals surface area contributed by atoms with Crippen molar-refractivity contribution in [3.63, 3.8) is 0 Å². The smallest absolute Gasteiger partial charge is 0.416 e. The van der Waals surface area contributed by atoms with Gasteiger partial charge in [-0.2, -0.15) is 13.2 Å². The average molecular weight is 467 g/mol. The average Bonchev–Trinajstić information content (AvgIpc) is 2.79. The summed E-state index contributed by atoms with van der Waals surface area (Å²) in [5.41, 5.74) is -0.712. The normalized spacial score (nSPS) is 10.8. The second-order valence-electron chi connectivity index (χ2n) is 6.81. The molecule has 0 bridgehead atoms. The number of benzene rings is 2. The van der Waals surface area contributed by atoms with Gasteiger partial charge in [0.2, 0.25) is 5.91 Å². The Kier molecular flexibility index (Phi) is 9.08. The van der Waals surface area contributed by atoms with Crippen LogP contribution in [0.4, 0.5) is 18.9 Å². The quantitative estimate of drug-likeness (QED) is 0.498. The van der Waals surface area contributed by atoms with Gasteiger partial charge >= 0.3 is 6.18 Å². The molecule has 0 aromatic heterocycles. The summed E-state index contributed by atoms with van der Waals surface area (Å²) in [5.74, 6) is -1.20. The number of anilines is 1. The molecule has 0 aliphatic rings. The predicted molar refractivity (Wildman–Crippen MR) is 114 cm³/mol. The summed E-state index contributed by atoms with van der Waals surface area (Å²) in [7, 11) is 1.34. The molecule has 2 rings (SSSR count). The van der Waals surface area contributed by atoms with Gasteiger partial charge in [-0.25, -0.2) is 0 Å². The van der Waals surface area contributed by atoms with Crippen LogP contribution in [0.15, 0.2) is 42.5 Å². The summed E-state index contributed by atoms with van der Waals surface area (Å²) in [6.45, 7) is 1.73. The number of hydrogen-bond acceptors (Lipinski definition) is 5. The van der Waals surface area contributed by atoms with Crippen LogP contribution in [-0.2, 0) is 15.8 Å². The van der Waals surface area contributed by atoms with Crippen LogP contribution in [0.3, 0.4) is 0 Å². The fourth-order valence-corrected chi connectivity index (χ4v) is 2.63. The van der Waals surface area contributed by atoms with Gasteiger partial charge in [0.25, 0.3) is 11.8 Å². The van der Waals surface area contributed by atoms with E-state index in [9.17, 15) is 27.6 Å². The van der Waals surface area contributed by atoms with Gasteiger partial charge in [-0.1, -0.05) is 13.0 Å². The van der Waals surface area contributed by atoms with E-state index < -0.39 is 30.2 Å². The van der Waals surface area contributed by atoms with Crippen molar-refractivity contribution in [2.75, 3.05) is 32.1 Å². The van der Waals surface area contributed by atoms with Crippen molar-refractivity contribution in [2.24, 2.45) is 0 Å². The minimum Gasteiger partial charge on any atom is -0.493 e. The molecule has 3 N–H and O–H groups in total. The summed E-state index contributed by atoms with van der Waals surface area (Å²) in [5, 5.41) is 7.44. The molecule has 8 nitrogen and oxygen atoms in total. The van der Waals surface area contributed by atoms with E-state index in [4.69, 9.17) is 9.47 Å². The Morgan fingerprint density at radius 3 is 2.39 bits per heavy atom. The van der Waals surface area contributed by atoms with Gasteiger partial charge in [0.05, 0.1) is 19.2 Å². The van der Waals surface area contributed by atoms with E-state index in [-0.39, 0.29) is 35.2 Å². The molecule has 0 spiro atoms. The summed E-state index contributed by atoms with van der Waals surface area (Å²) in [4.78, 5) is 35.9. The van der Waals surface area contributed by atoms with Crippen molar-refractivity contribution in [2.45, 2.75) is 19.5 Å². The Hall–Kier alpha value is -3.76. The van der Waals surface area contributed by atoms with Crippen molar-refractivity contribution in [1.82, 2.24) is 10.6 Å². The van der Waals surface area contributed by atoms with E-state index in [1.54, 1.807) is 0 Å². The molecule has 33 heavy (non-hydrogen) atoms. The van der Waals surface area contributed by atoms with Gasteiger partial charge in [0.15, 0.2) is 18.1 Å². The standard InChI is InChI=1S/C22H24F3N3O5/c1-3-9-26-19(29)12-27-21(31)14-7-8-17(18(10-14)32-2)33-13-20(30)28-16-6-4-5-15(11-16)22(23,24)25/h4-8,10-11H,3,9,12-13H2,1-2H3,(H,26,29)(H,27,31)(H,28,30). The Morgan fingerprint density at radius 2 is 1.73 bits per heavy atom. The molecule has 0 aliphatic carbocycles. The van der Waals surface area contributed by atoms with E-state index in [1.807, 2.05) is 6.92 Å². The predicted octanol–water partition coefficient (Wildman–Crippen LogP) is 2.99. The van der Waals surface area contributed by atoms with Gasteiger partial charge in [-0.3, -0.25) is 14.4 Å². The monoisotopic (exact) mass is 467 g/mol. The van der Waals surface area contributed by atoms with Crippen LogP contribution in [-0.4, -0.2) is 44.5 Å². The van der Waals surface area contributed by atoms with Crippen LogP contribution >= 0.6 is 0 Å². The molecule has 0 atom stereocenters. The maximum Gasteiger partial charge on any atom is 0.416 e. The molecule has 0 unspecified atom stereocenters. The maximum absolute atomic E-state index is 12.8. The molecule has 0 saturated carbocycles. The molecule has 2 aromatic rings. The fourth-order valence-electron chi connectivity index (χ4n) is 2.63. The molecule has 0 saturated heterocycles. The lowest BCUT2D eigenvalue weighted by Crippen LogP contribution is -2.37. The Morgan fingerprint density at radius 1 is 0.970 bits per heavy atom. The number of amides is 3. The summed E-state index contributed by atoms with van der Waals surface area (Å²) in [6.07, 6.45) is -3.76. The lowest BCUT2D eigenvalue weighted by Gasteiger charge is -2.13. The van der Waals surface area contributed by atoms with E-state index in [2.05, 4.69) is 16.0 Å². The number of halogens is 3. The number of nitrogens with one attached hydrogen (secondary N) is 3. The Balaban J connectivity index is 1.95. The lowest BCUT2D eigenvalue weighted by molar-refractivity contribution is -0.137. The third-order valence-electron chi connectivity index (χ3n) is 4.24. The number of methoxy groups -OCH3 is 1. The van der Waals surface area contributed by atoms with Crippen molar-refractivity contribution in [3.8, 4) is 11.5 Å². The van der Waals surface area contributed by atoms with Crippen LogP contribution < -0.4 is 25.4 Å². The Bertz CT molecular complexity index is 995. The van der Waals surface area contributed by atoms with Crippen molar-refractivity contribution in [1.29, 1.82) is 0 Å².